The van der Waals surface area contributed by atoms with E-state index >= 15 is 0 Å². The summed E-state index contributed by atoms with van der Waals surface area (Å²) in [6.45, 7) is 0. The van der Waals surface area contributed by atoms with Crippen molar-refractivity contribution in [1.29, 1.82) is 0 Å². The molecule has 2 aromatic carbocycles. The van der Waals surface area contributed by atoms with Crippen molar-refractivity contribution < 1.29 is 14.3 Å². The van der Waals surface area contributed by atoms with Crippen LogP contribution in [0.25, 0.3) is 6.08 Å². The summed E-state index contributed by atoms with van der Waals surface area (Å²) in [6, 6.07) is 10.1. The number of ketones is 1. The summed E-state index contributed by atoms with van der Waals surface area (Å²) in [6.07, 6.45) is 3.10. The molecule has 114 valence electrons. The highest BCUT2D eigenvalue weighted by molar-refractivity contribution is 6.36. The Morgan fingerprint density at radius 3 is 2.50 bits per heavy atom. The molecule has 0 aliphatic rings. The van der Waals surface area contributed by atoms with Crippen molar-refractivity contribution in [2.24, 2.45) is 0 Å². The van der Waals surface area contributed by atoms with Crippen LogP contribution in [-0.2, 0) is 0 Å². The molecular weight excluding hydrogens is 323 g/mol. The van der Waals surface area contributed by atoms with Crippen LogP contribution in [-0.4, -0.2) is 20.0 Å². The topological polar surface area (TPSA) is 35.5 Å². The van der Waals surface area contributed by atoms with Crippen LogP contribution in [0.1, 0.15) is 15.9 Å². The van der Waals surface area contributed by atoms with Gasteiger partial charge in [-0.3, -0.25) is 4.79 Å². The van der Waals surface area contributed by atoms with E-state index in [1.54, 1.807) is 56.7 Å². The number of ether oxygens (including phenoxy) is 2. The number of rotatable bonds is 5. The van der Waals surface area contributed by atoms with Gasteiger partial charge in [-0.05, 0) is 42.5 Å². The maximum atomic E-state index is 12.2. The third kappa shape index (κ3) is 3.81. The number of carbonyl (C=O) groups excluding carboxylic acids is 1. The van der Waals surface area contributed by atoms with Gasteiger partial charge in [0.1, 0.15) is 11.5 Å². The van der Waals surface area contributed by atoms with Gasteiger partial charge in [-0.25, -0.2) is 0 Å². The summed E-state index contributed by atoms with van der Waals surface area (Å²) in [4.78, 5) is 12.2. The first-order valence-corrected chi connectivity index (χ1v) is 7.20. The molecule has 0 aliphatic carbocycles. The monoisotopic (exact) mass is 336 g/mol. The van der Waals surface area contributed by atoms with Gasteiger partial charge in [0.05, 0.1) is 19.2 Å². The Kier molecular flexibility index (Phi) is 5.47. The van der Waals surface area contributed by atoms with E-state index in [4.69, 9.17) is 32.7 Å². The number of carbonyl (C=O) groups is 1. The van der Waals surface area contributed by atoms with Crippen LogP contribution in [0.4, 0.5) is 0 Å². The molecule has 0 saturated heterocycles. The lowest BCUT2D eigenvalue weighted by Crippen LogP contribution is -1.96. The summed E-state index contributed by atoms with van der Waals surface area (Å²) in [5.41, 5.74) is 1.12. The van der Waals surface area contributed by atoms with E-state index in [0.717, 1.165) is 5.56 Å². The number of halogens is 2. The van der Waals surface area contributed by atoms with Crippen molar-refractivity contribution in [2.75, 3.05) is 14.2 Å². The molecule has 2 aromatic rings. The van der Waals surface area contributed by atoms with Crippen molar-refractivity contribution in [3.05, 3.63) is 63.6 Å². The van der Waals surface area contributed by atoms with Gasteiger partial charge in [0.2, 0.25) is 0 Å². The Morgan fingerprint density at radius 2 is 1.82 bits per heavy atom. The fourth-order valence-electron chi connectivity index (χ4n) is 1.90. The zero-order chi connectivity index (χ0) is 16.1. The Morgan fingerprint density at radius 1 is 1.05 bits per heavy atom. The van der Waals surface area contributed by atoms with Gasteiger partial charge in [0.25, 0.3) is 0 Å². The molecule has 0 spiro atoms. The first kappa shape index (κ1) is 16.4. The van der Waals surface area contributed by atoms with Crippen LogP contribution in [0.3, 0.4) is 0 Å². The summed E-state index contributed by atoms with van der Waals surface area (Å²) in [5, 5.41) is 0.823. The number of hydrogen-bond acceptors (Lipinski definition) is 3. The Hall–Kier alpha value is -1.97. The van der Waals surface area contributed by atoms with Crippen LogP contribution in [0.15, 0.2) is 42.5 Å². The Bertz CT molecular complexity index is 724. The highest BCUT2D eigenvalue weighted by atomic mass is 35.5. The average molecular weight is 337 g/mol. The standard InChI is InChI=1S/C17H14Cl2O3/c1-21-13-6-3-11(17(10-13)22-2)4-8-16(20)14-9-12(18)5-7-15(14)19/h3-10H,1-2H3/b8-4+. The molecule has 0 bridgehead atoms. The minimum atomic E-state index is -0.231. The predicted molar refractivity (Wildman–Crippen MR) is 89.4 cm³/mol. The second-order valence-electron chi connectivity index (χ2n) is 4.43. The van der Waals surface area contributed by atoms with Crippen LogP contribution >= 0.6 is 23.2 Å². The molecule has 2 rings (SSSR count). The smallest absolute Gasteiger partial charge is 0.187 e. The van der Waals surface area contributed by atoms with Crippen molar-refractivity contribution in [3.8, 4) is 11.5 Å². The van der Waals surface area contributed by atoms with Gasteiger partial charge in [-0.1, -0.05) is 23.2 Å². The zero-order valence-corrected chi connectivity index (χ0v) is 13.6. The zero-order valence-electron chi connectivity index (χ0n) is 12.1. The highest BCUT2D eigenvalue weighted by Crippen LogP contribution is 2.26. The minimum absolute atomic E-state index is 0.231. The van der Waals surface area contributed by atoms with E-state index in [-0.39, 0.29) is 5.78 Å². The normalized spacial score (nSPS) is 10.7. The minimum Gasteiger partial charge on any atom is -0.497 e. The summed E-state index contributed by atoms with van der Waals surface area (Å²) in [7, 11) is 3.14. The first-order valence-electron chi connectivity index (χ1n) is 6.44. The number of benzene rings is 2. The molecular formula is C17H14Cl2O3. The summed E-state index contributed by atoms with van der Waals surface area (Å²) < 4.78 is 10.4. The maximum absolute atomic E-state index is 12.2. The quantitative estimate of drug-likeness (QED) is 0.575. The van der Waals surface area contributed by atoms with E-state index < -0.39 is 0 Å². The molecule has 0 heterocycles. The number of allylic oxidation sites excluding steroid dienone is 1. The third-order valence-corrected chi connectivity index (χ3v) is 3.61. The van der Waals surface area contributed by atoms with E-state index in [0.29, 0.717) is 27.1 Å². The predicted octanol–water partition coefficient (Wildman–Crippen LogP) is 4.91. The van der Waals surface area contributed by atoms with Gasteiger partial charge in [-0.2, -0.15) is 0 Å². The fourth-order valence-corrected chi connectivity index (χ4v) is 2.28. The molecule has 0 saturated carbocycles. The summed E-state index contributed by atoms with van der Waals surface area (Å²) >= 11 is 11.9. The molecule has 0 unspecified atom stereocenters. The molecule has 22 heavy (non-hydrogen) atoms. The van der Waals surface area contributed by atoms with Crippen LogP contribution in [0.2, 0.25) is 10.0 Å². The van der Waals surface area contributed by atoms with Crippen LogP contribution < -0.4 is 9.47 Å². The van der Waals surface area contributed by atoms with Crippen molar-refractivity contribution >= 4 is 35.1 Å². The summed E-state index contributed by atoms with van der Waals surface area (Å²) in [5.74, 6) is 1.06. The Labute approximate surface area is 139 Å². The molecule has 0 aliphatic heterocycles. The molecule has 0 aromatic heterocycles. The molecule has 0 fully saturated rings. The average Bonchev–Trinajstić information content (AvgIpc) is 2.54. The van der Waals surface area contributed by atoms with Gasteiger partial charge in [0.15, 0.2) is 5.78 Å². The second-order valence-corrected chi connectivity index (χ2v) is 5.27. The van der Waals surface area contributed by atoms with Crippen LogP contribution in [0, 0.1) is 0 Å². The van der Waals surface area contributed by atoms with E-state index in [1.165, 1.54) is 6.08 Å². The van der Waals surface area contributed by atoms with Gasteiger partial charge < -0.3 is 9.47 Å². The van der Waals surface area contributed by atoms with Gasteiger partial charge >= 0.3 is 0 Å². The molecule has 0 radical (unpaired) electrons. The lowest BCUT2D eigenvalue weighted by Gasteiger charge is -2.07. The van der Waals surface area contributed by atoms with Crippen LogP contribution in [0.5, 0.6) is 11.5 Å². The largest absolute Gasteiger partial charge is 0.497 e. The second kappa shape index (κ2) is 7.34. The van der Waals surface area contributed by atoms with E-state index in [2.05, 4.69) is 0 Å². The number of hydrogen-bond donors (Lipinski definition) is 0. The fraction of sp³-hybridized carbons (Fsp3) is 0.118. The Balaban J connectivity index is 2.28. The maximum Gasteiger partial charge on any atom is 0.187 e. The molecule has 3 nitrogen and oxygen atoms in total. The highest BCUT2D eigenvalue weighted by Gasteiger charge is 2.09. The molecule has 0 atom stereocenters. The van der Waals surface area contributed by atoms with Gasteiger partial charge in [0, 0.05) is 22.2 Å². The lowest BCUT2D eigenvalue weighted by molar-refractivity contribution is 0.104. The number of methoxy groups -OCH3 is 2. The van der Waals surface area contributed by atoms with Crippen molar-refractivity contribution in [2.45, 2.75) is 0 Å². The lowest BCUT2D eigenvalue weighted by atomic mass is 10.1. The van der Waals surface area contributed by atoms with Crippen molar-refractivity contribution in [3.63, 3.8) is 0 Å². The molecule has 0 N–H and O–H groups in total. The first-order chi connectivity index (χ1) is 10.5. The SMILES string of the molecule is COc1ccc(/C=C/C(=O)c2cc(Cl)ccc2Cl)c(OC)c1. The third-order valence-electron chi connectivity index (χ3n) is 3.05. The molecule has 5 heteroatoms. The van der Waals surface area contributed by atoms with Gasteiger partial charge in [-0.15, -0.1) is 0 Å². The van der Waals surface area contributed by atoms with E-state index in [9.17, 15) is 4.79 Å². The van der Waals surface area contributed by atoms with E-state index in [1.807, 2.05) is 0 Å². The molecule has 0 amide bonds. The van der Waals surface area contributed by atoms with Crippen molar-refractivity contribution in [1.82, 2.24) is 0 Å².